The zero-order chi connectivity index (χ0) is 18.9. The first-order valence-corrected chi connectivity index (χ1v) is 11.0. The Morgan fingerprint density at radius 3 is 2.64 bits per heavy atom. The van der Waals surface area contributed by atoms with E-state index in [1.165, 1.54) is 6.42 Å². The van der Waals surface area contributed by atoms with Gasteiger partial charge >= 0.3 is 0 Å². The minimum atomic E-state index is -3.63. The quantitative estimate of drug-likeness (QED) is 0.773. The topological polar surface area (TPSA) is 78.5 Å². The molecule has 0 aromatic heterocycles. The van der Waals surface area contributed by atoms with E-state index in [1.807, 2.05) is 29.2 Å². The fraction of sp³-hybridized carbons (Fsp3) is 0.450. The lowest BCUT2D eigenvalue weighted by atomic mass is 10.1. The molecule has 0 radical (unpaired) electrons. The number of sulfonamides is 1. The number of nitrogens with one attached hydrogen (secondary N) is 2. The SMILES string of the molecule is Cl.O=C(CCNS(=O)(=O)c1ccc2ccccc2c1)N1CCC2CCC(C1)N2. The van der Waals surface area contributed by atoms with Crippen LogP contribution < -0.4 is 10.0 Å². The van der Waals surface area contributed by atoms with Gasteiger partial charge in [-0.3, -0.25) is 4.79 Å². The van der Waals surface area contributed by atoms with Gasteiger partial charge < -0.3 is 10.2 Å². The predicted octanol–water partition coefficient (Wildman–Crippen LogP) is 2.28. The molecule has 2 aliphatic rings. The maximum atomic E-state index is 12.5. The van der Waals surface area contributed by atoms with Crippen molar-refractivity contribution in [3.05, 3.63) is 42.5 Å². The van der Waals surface area contributed by atoms with Gasteiger partial charge in [0, 0.05) is 38.1 Å². The molecule has 28 heavy (non-hydrogen) atoms. The molecule has 2 aromatic rings. The van der Waals surface area contributed by atoms with Crippen LogP contribution in [0.3, 0.4) is 0 Å². The van der Waals surface area contributed by atoms with Crippen LogP contribution in [0.4, 0.5) is 0 Å². The van der Waals surface area contributed by atoms with Crippen LogP contribution in [-0.4, -0.2) is 50.9 Å². The van der Waals surface area contributed by atoms with Crippen LogP contribution in [0.5, 0.6) is 0 Å². The third-order valence-corrected chi connectivity index (χ3v) is 7.00. The summed E-state index contributed by atoms with van der Waals surface area (Å²) in [5.41, 5.74) is 0. The smallest absolute Gasteiger partial charge is 0.240 e. The number of carbonyl (C=O) groups excluding carboxylic acids is 1. The first-order chi connectivity index (χ1) is 13.0. The van der Waals surface area contributed by atoms with Crippen LogP contribution >= 0.6 is 12.4 Å². The number of benzene rings is 2. The van der Waals surface area contributed by atoms with E-state index in [1.54, 1.807) is 18.2 Å². The van der Waals surface area contributed by atoms with Crippen LogP contribution in [-0.2, 0) is 14.8 Å². The summed E-state index contributed by atoms with van der Waals surface area (Å²) in [6.45, 7) is 1.60. The number of halogens is 1. The van der Waals surface area contributed by atoms with Crippen LogP contribution in [0.1, 0.15) is 25.7 Å². The molecule has 1 amide bonds. The molecular weight excluding hydrogens is 398 g/mol. The van der Waals surface area contributed by atoms with Crippen molar-refractivity contribution in [3.8, 4) is 0 Å². The Morgan fingerprint density at radius 2 is 1.82 bits per heavy atom. The molecule has 2 heterocycles. The molecule has 0 spiro atoms. The standard InChI is InChI=1S/C20H25N3O3S.ClH/c24-20(23-12-10-17-6-7-18(14-23)22-17)9-11-21-27(25,26)19-8-5-15-3-1-2-4-16(15)13-19;/h1-5,8,13,17-18,21-22H,6-7,9-12,14H2;1H. The molecule has 2 aliphatic heterocycles. The Kier molecular flexibility index (Phi) is 6.60. The molecule has 6 nitrogen and oxygen atoms in total. The Hall–Kier alpha value is -1.67. The Labute approximate surface area is 172 Å². The van der Waals surface area contributed by atoms with Gasteiger partial charge in [-0.25, -0.2) is 13.1 Å². The number of likely N-dealkylation sites (tertiary alicyclic amines) is 1. The Balaban J connectivity index is 0.00000225. The van der Waals surface area contributed by atoms with Crippen molar-refractivity contribution >= 4 is 39.1 Å². The zero-order valence-electron chi connectivity index (χ0n) is 15.6. The number of hydrogen-bond acceptors (Lipinski definition) is 4. The van der Waals surface area contributed by atoms with Gasteiger partial charge in [0.1, 0.15) is 0 Å². The van der Waals surface area contributed by atoms with E-state index in [9.17, 15) is 13.2 Å². The fourth-order valence-corrected chi connectivity index (χ4v) is 5.10. The summed E-state index contributed by atoms with van der Waals surface area (Å²) >= 11 is 0. The van der Waals surface area contributed by atoms with E-state index in [-0.39, 0.29) is 36.2 Å². The summed E-state index contributed by atoms with van der Waals surface area (Å²) in [4.78, 5) is 14.6. The normalized spacial score (nSPS) is 21.9. The summed E-state index contributed by atoms with van der Waals surface area (Å²) in [5, 5.41) is 5.42. The molecule has 0 aliphatic carbocycles. The average molecular weight is 424 g/mol. The maximum Gasteiger partial charge on any atom is 0.240 e. The third kappa shape index (κ3) is 4.66. The number of carbonyl (C=O) groups is 1. The fourth-order valence-electron chi connectivity index (χ4n) is 4.04. The second-order valence-corrected chi connectivity index (χ2v) is 9.19. The van der Waals surface area contributed by atoms with Crippen molar-refractivity contribution in [1.82, 2.24) is 14.9 Å². The highest BCUT2D eigenvalue weighted by atomic mass is 35.5. The molecular formula is C20H26ClN3O3S. The molecule has 2 fully saturated rings. The summed E-state index contributed by atoms with van der Waals surface area (Å²) in [6.07, 6.45) is 3.47. The van der Waals surface area contributed by atoms with E-state index >= 15 is 0 Å². The summed E-state index contributed by atoms with van der Waals surface area (Å²) in [6, 6.07) is 13.6. The van der Waals surface area contributed by atoms with Gasteiger partial charge in [-0.1, -0.05) is 30.3 Å². The van der Waals surface area contributed by atoms with Crippen LogP contribution in [0.15, 0.2) is 47.4 Å². The van der Waals surface area contributed by atoms with Crippen molar-refractivity contribution in [2.75, 3.05) is 19.6 Å². The van der Waals surface area contributed by atoms with Crippen LogP contribution in [0.2, 0.25) is 0 Å². The van der Waals surface area contributed by atoms with Gasteiger partial charge in [0.05, 0.1) is 4.90 Å². The zero-order valence-corrected chi connectivity index (χ0v) is 17.3. The molecule has 152 valence electrons. The third-order valence-electron chi connectivity index (χ3n) is 5.54. The number of rotatable bonds is 5. The number of nitrogens with zero attached hydrogens (tertiary/aromatic N) is 1. The predicted molar refractivity (Wildman–Crippen MR) is 112 cm³/mol. The second kappa shape index (κ2) is 8.78. The molecule has 4 rings (SSSR count). The lowest BCUT2D eigenvalue weighted by Crippen LogP contribution is -2.40. The minimum absolute atomic E-state index is 0. The second-order valence-electron chi connectivity index (χ2n) is 7.42. The first-order valence-electron chi connectivity index (χ1n) is 9.53. The number of amides is 1. The molecule has 2 N–H and O–H groups in total. The lowest BCUT2D eigenvalue weighted by molar-refractivity contribution is -0.131. The highest BCUT2D eigenvalue weighted by molar-refractivity contribution is 7.89. The van der Waals surface area contributed by atoms with Crippen molar-refractivity contribution in [2.45, 2.75) is 42.7 Å². The van der Waals surface area contributed by atoms with Gasteiger partial charge in [0.25, 0.3) is 0 Å². The van der Waals surface area contributed by atoms with Crippen molar-refractivity contribution in [3.63, 3.8) is 0 Å². The minimum Gasteiger partial charge on any atom is -0.341 e. The van der Waals surface area contributed by atoms with E-state index in [2.05, 4.69) is 10.0 Å². The summed E-state index contributed by atoms with van der Waals surface area (Å²) < 4.78 is 27.7. The Bertz CT molecular complexity index is 951. The lowest BCUT2D eigenvalue weighted by Gasteiger charge is -2.24. The van der Waals surface area contributed by atoms with Crippen LogP contribution in [0, 0.1) is 0 Å². The van der Waals surface area contributed by atoms with Gasteiger partial charge in [0.2, 0.25) is 15.9 Å². The monoisotopic (exact) mass is 423 g/mol. The molecule has 2 aromatic carbocycles. The van der Waals surface area contributed by atoms with Crippen molar-refractivity contribution in [1.29, 1.82) is 0 Å². The molecule has 2 saturated heterocycles. The van der Waals surface area contributed by atoms with E-state index in [0.29, 0.717) is 12.1 Å². The van der Waals surface area contributed by atoms with E-state index in [4.69, 9.17) is 0 Å². The molecule has 8 heteroatoms. The summed E-state index contributed by atoms with van der Waals surface area (Å²) in [7, 11) is -3.63. The van der Waals surface area contributed by atoms with E-state index < -0.39 is 10.0 Å². The summed E-state index contributed by atoms with van der Waals surface area (Å²) in [5.74, 6) is 0.0190. The molecule has 2 bridgehead atoms. The Morgan fingerprint density at radius 1 is 1.07 bits per heavy atom. The average Bonchev–Trinajstić information content (AvgIpc) is 2.99. The van der Waals surface area contributed by atoms with Gasteiger partial charge in [-0.05, 0) is 42.2 Å². The van der Waals surface area contributed by atoms with Crippen molar-refractivity contribution in [2.24, 2.45) is 0 Å². The highest BCUT2D eigenvalue weighted by Crippen LogP contribution is 2.21. The molecule has 2 atom stereocenters. The molecule has 0 saturated carbocycles. The van der Waals surface area contributed by atoms with Gasteiger partial charge in [0.15, 0.2) is 0 Å². The highest BCUT2D eigenvalue weighted by Gasteiger charge is 2.30. The maximum absolute atomic E-state index is 12.5. The van der Waals surface area contributed by atoms with E-state index in [0.717, 1.165) is 36.7 Å². The van der Waals surface area contributed by atoms with Gasteiger partial charge in [-0.2, -0.15) is 0 Å². The first kappa shape index (κ1) is 21.0. The molecule has 2 unspecified atom stereocenters. The number of fused-ring (bicyclic) bond motifs is 3. The van der Waals surface area contributed by atoms with Crippen molar-refractivity contribution < 1.29 is 13.2 Å². The van der Waals surface area contributed by atoms with Crippen LogP contribution in [0.25, 0.3) is 10.8 Å². The van der Waals surface area contributed by atoms with Gasteiger partial charge in [-0.15, -0.1) is 12.4 Å². The number of hydrogen-bond donors (Lipinski definition) is 2. The largest absolute Gasteiger partial charge is 0.341 e.